The Bertz CT molecular complexity index is 1330. The maximum Gasteiger partial charge on any atom is 0.270 e. The van der Waals surface area contributed by atoms with Crippen LogP contribution in [-0.4, -0.2) is 39.7 Å². The molecule has 186 valence electrons. The summed E-state index contributed by atoms with van der Waals surface area (Å²) in [4.78, 5) is 21.4. The summed E-state index contributed by atoms with van der Waals surface area (Å²) in [7, 11) is 0. The molecule has 0 saturated heterocycles. The molecule has 0 bridgehead atoms. The average molecular weight is 491 g/mol. The highest BCUT2D eigenvalue weighted by molar-refractivity contribution is 5.95. The van der Waals surface area contributed by atoms with Crippen molar-refractivity contribution < 1.29 is 18.7 Å². The number of hydrogen-bond donors (Lipinski definition) is 3. The van der Waals surface area contributed by atoms with Crippen molar-refractivity contribution in [3.8, 4) is 0 Å². The van der Waals surface area contributed by atoms with E-state index in [9.17, 15) is 18.7 Å². The number of carbonyl (C=O) groups is 1. The van der Waals surface area contributed by atoms with Crippen LogP contribution in [0.4, 0.5) is 8.78 Å². The molecular formula is C28H28F2N4O2. The second-order valence-corrected chi connectivity index (χ2v) is 8.70. The van der Waals surface area contributed by atoms with Gasteiger partial charge in [-0.1, -0.05) is 31.2 Å². The van der Waals surface area contributed by atoms with Gasteiger partial charge in [-0.2, -0.15) is 0 Å². The minimum absolute atomic E-state index is 0.0338. The van der Waals surface area contributed by atoms with Gasteiger partial charge in [-0.25, -0.2) is 13.8 Å². The zero-order chi connectivity index (χ0) is 25.5. The van der Waals surface area contributed by atoms with Gasteiger partial charge >= 0.3 is 0 Å². The predicted molar refractivity (Wildman–Crippen MR) is 134 cm³/mol. The number of amides is 1. The Hall–Kier alpha value is -3.75. The van der Waals surface area contributed by atoms with E-state index >= 15 is 0 Å². The van der Waals surface area contributed by atoms with Crippen molar-refractivity contribution in [2.24, 2.45) is 0 Å². The molecule has 0 aliphatic rings. The number of carbonyl (C=O) groups excluding carboxylic acids is 1. The first-order chi connectivity index (χ1) is 17.4. The Morgan fingerprint density at radius 1 is 1.00 bits per heavy atom. The van der Waals surface area contributed by atoms with E-state index in [-0.39, 0.29) is 18.7 Å². The number of halogens is 2. The summed E-state index contributed by atoms with van der Waals surface area (Å²) < 4.78 is 27.6. The van der Waals surface area contributed by atoms with Crippen LogP contribution in [0.2, 0.25) is 0 Å². The van der Waals surface area contributed by atoms with Crippen molar-refractivity contribution in [3.63, 3.8) is 0 Å². The van der Waals surface area contributed by atoms with Crippen molar-refractivity contribution in [2.45, 2.75) is 38.5 Å². The number of rotatable bonds is 10. The highest BCUT2D eigenvalue weighted by atomic mass is 19.1. The molecule has 0 aliphatic heterocycles. The lowest BCUT2D eigenvalue weighted by Crippen LogP contribution is -2.48. The van der Waals surface area contributed by atoms with Crippen LogP contribution in [0.1, 0.15) is 34.1 Å². The fourth-order valence-electron chi connectivity index (χ4n) is 4.07. The standard InChI is InChI=1S/C28H28F2N4O2/c1-2-18-4-3-5-19(10-18)15-32-17-27(35)26(13-20-11-22(29)14-23(30)12-20)34-28(36)25-7-6-21-16-31-9-8-24(21)33-25/h3-12,14,16,26-27,32,35H,2,13,15,17H2,1H3,(H,34,36)/t26-,27-/m0/s1. The third-order valence-electron chi connectivity index (χ3n) is 5.96. The number of aromatic nitrogens is 2. The summed E-state index contributed by atoms with van der Waals surface area (Å²) in [6, 6.07) is 15.5. The molecule has 2 heterocycles. The van der Waals surface area contributed by atoms with Crippen LogP contribution < -0.4 is 10.6 Å². The smallest absolute Gasteiger partial charge is 0.270 e. The molecule has 0 unspecified atom stereocenters. The molecule has 3 N–H and O–H groups in total. The van der Waals surface area contributed by atoms with E-state index in [0.29, 0.717) is 17.6 Å². The monoisotopic (exact) mass is 490 g/mol. The Morgan fingerprint density at radius 2 is 1.78 bits per heavy atom. The lowest BCUT2D eigenvalue weighted by Gasteiger charge is -2.25. The molecule has 0 saturated carbocycles. The normalized spacial score (nSPS) is 12.9. The van der Waals surface area contributed by atoms with Gasteiger partial charge in [0.05, 0.1) is 17.7 Å². The number of aliphatic hydroxyl groups is 1. The molecule has 0 radical (unpaired) electrons. The van der Waals surface area contributed by atoms with Gasteiger partial charge < -0.3 is 15.7 Å². The van der Waals surface area contributed by atoms with E-state index < -0.39 is 29.7 Å². The lowest BCUT2D eigenvalue weighted by atomic mass is 10.00. The summed E-state index contributed by atoms with van der Waals surface area (Å²) in [5.41, 5.74) is 3.39. The zero-order valence-corrected chi connectivity index (χ0v) is 19.9. The fourth-order valence-corrected chi connectivity index (χ4v) is 4.07. The maximum absolute atomic E-state index is 13.8. The first kappa shape index (κ1) is 25.3. The van der Waals surface area contributed by atoms with Gasteiger partial charge in [0.1, 0.15) is 17.3 Å². The van der Waals surface area contributed by atoms with Crippen LogP contribution in [0, 0.1) is 11.6 Å². The number of pyridine rings is 2. The van der Waals surface area contributed by atoms with E-state index in [0.717, 1.165) is 23.4 Å². The summed E-state index contributed by atoms with van der Waals surface area (Å²) in [5, 5.41) is 17.8. The zero-order valence-electron chi connectivity index (χ0n) is 19.9. The quantitative estimate of drug-likeness (QED) is 0.313. The number of aliphatic hydroxyl groups excluding tert-OH is 1. The summed E-state index contributed by atoms with van der Waals surface area (Å²) in [6.45, 7) is 2.77. The highest BCUT2D eigenvalue weighted by Gasteiger charge is 2.23. The van der Waals surface area contributed by atoms with Crippen LogP contribution in [0.5, 0.6) is 0 Å². The molecule has 4 aromatic rings. The minimum atomic E-state index is -1.03. The van der Waals surface area contributed by atoms with Gasteiger partial charge in [-0.05, 0) is 59.9 Å². The minimum Gasteiger partial charge on any atom is -0.390 e. The van der Waals surface area contributed by atoms with Crippen LogP contribution in [0.25, 0.3) is 10.9 Å². The summed E-state index contributed by atoms with van der Waals surface area (Å²) >= 11 is 0. The Labute approximate surface area is 208 Å². The molecule has 1 amide bonds. The van der Waals surface area contributed by atoms with E-state index in [1.807, 2.05) is 12.1 Å². The van der Waals surface area contributed by atoms with Crippen molar-refractivity contribution in [1.29, 1.82) is 0 Å². The van der Waals surface area contributed by atoms with Crippen molar-refractivity contribution >= 4 is 16.8 Å². The Kier molecular flexibility index (Phi) is 8.30. The van der Waals surface area contributed by atoms with Crippen LogP contribution >= 0.6 is 0 Å². The predicted octanol–water partition coefficient (Wildman–Crippen LogP) is 3.96. The van der Waals surface area contributed by atoms with E-state index in [1.165, 1.54) is 17.7 Å². The highest BCUT2D eigenvalue weighted by Crippen LogP contribution is 2.14. The van der Waals surface area contributed by atoms with Crippen LogP contribution in [0.3, 0.4) is 0 Å². The topological polar surface area (TPSA) is 87.1 Å². The fraction of sp³-hybridized carbons (Fsp3) is 0.250. The Balaban J connectivity index is 1.48. The van der Waals surface area contributed by atoms with Gasteiger partial charge in [0.25, 0.3) is 5.91 Å². The van der Waals surface area contributed by atoms with Gasteiger partial charge in [0, 0.05) is 36.9 Å². The first-order valence-electron chi connectivity index (χ1n) is 11.8. The van der Waals surface area contributed by atoms with E-state index in [2.05, 4.69) is 39.7 Å². The van der Waals surface area contributed by atoms with Crippen molar-refractivity contribution in [3.05, 3.63) is 107 Å². The number of benzene rings is 2. The molecular weight excluding hydrogens is 462 g/mol. The average Bonchev–Trinajstić information content (AvgIpc) is 2.87. The number of nitrogens with one attached hydrogen (secondary N) is 2. The molecule has 0 fully saturated rings. The summed E-state index contributed by atoms with van der Waals surface area (Å²) in [6.07, 6.45) is 3.17. The molecule has 4 rings (SSSR count). The third-order valence-corrected chi connectivity index (χ3v) is 5.96. The van der Waals surface area contributed by atoms with Gasteiger partial charge in [0.2, 0.25) is 0 Å². The van der Waals surface area contributed by atoms with Crippen LogP contribution in [0.15, 0.2) is 73.1 Å². The van der Waals surface area contributed by atoms with Gasteiger partial charge in [-0.3, -0.25) is 9.78 Å². The molecule has 6 nitrogen and oxygen atoms in total. The van der Waals surface area contributed by atoms with Crippen molar-refractivity contribution in [2.75, 3.05) is 6.54 Å². The van der Waals surface area contributed by atoms with E-state index in [4.69, 9.17) is 0 Å². The second kappa shape index (κ2) is 11.8. The molecule has 8 heteroatoms. The number of fused-ring (bicyclic) bond motifs is 1. The van der Waals surface area contributed by atoms with Crippen molar-refractivity contribution in [1.82, 2.24) is 20.6 Å². The van der Waals surface area contributed by atoms with Gasteiger partial charge in [0.15, 0.2) is 0 Å². The van der Waals surface area contributed by atoms with Gasteiger partial charge in [-0.15, -0.1) is 0 Å². The molecule has 2 atom stereocenters. The first-order valence-corrected chi connectivity index (χ1v) is 11.8. The molecule has 36 heavy (non-hydrogen) atoms. The van der Waals surface area contributed by atoms with E-state index in [1.54, 1.807) is 30.6 Å². The van der Waals surface area contributed by atoms with Crippen LogP contribution in [-0.2, 0) is 19.4 Å². The maximum atomic E-state index is 13.8. The summed E-state index contributed by atoms with van der Waals surface area (Å²) in [5.74, 6) is -1.93. The largest absolute Gasteiger partial charge is 0.390 e. The lowest BCUT2D eigenvalue weighted by molar-refractivity contribution is 0.0825. The molecule has 2 aromatic carbocycles. The number of nitrogens with zero attached hydrogens (tertiary/aromatic N) is 2. The molecule has 0 aliphatic carbocycles. The SMILES string of the molecule is CCc1cccc(CNC[C@H](O)[C@H](Cc2cc(F)cc(F)c2)NC(=O)c2ccc3cnccc3n2)c1. The third kappa shape index (κ3) is 6.68. The number of hydrogen-bond acceptors (Lipinski definition) is 5. The molecule has 0 spiro atoms. The Morgan fingerprint density at radius 3 is 2.56 bits per heavy atom. The molecule has 2 aromatic heterocycles. The second-order valence-electron chi connectivity index (χ2n) is 8.70. The number of aryl methyl sites for hydroxylation is 1.